The van der Waals surface area contributed by atoms with Crippen LogP contribution >= 0.6 is 0 Å². The van der Waals surface area contributed by atoms with Gasteiger partial charge in [-0.2, -0.15) is 4.39 Å². The molecule has 4 rings (SSSR count). The predicted octanol–water partition coefficient (Wildman–Crippen LogP) is 3.55. The largest absolute Gasteiger partial charge is 0.464 e. The molecule has 0 aliphatic carbocycles. The summed E-state index contributed by atoms with van der Waals surface area (Å²) in [5, 5.41) is 2.44. The van der Waals surface area contributed by atoms with E-state index in [-0.39, 0.29) is 21.7 Å². The van der Waals surface area contributed by atoms with Gasteiger partial charge >= 0.3 is 0 Å². The van der Waals surface area contributed by atoms with Crippen LogP contribution in [0.4, 0.5) is 4.39 Å². The van der Waals surface area contributed by atoms with Gasteiger partial charge in [0.1, 0.15) is 5.76 Å². The maximum absolute atomic E-state index is 14.4. The van der Waals surface area contributed by atoms with Crippen LogP contribution in [0.3, 0.4) is 0 Å². The number of halogens is 1. The number of hydrogen-bond donors (Lipinski definition) is 1. The minimum atomic E-state index is -4.17. The Kier molecular flexibility index (Phi) is 4.96. The first kappa shape index (κ1) is 19.6. The molecule has 30 heavy (non-hydrogen) atoms. The number of pyridine rings is 1. The second-order valence-corrected chi connectivity index (χ2v) is 8.16. The van der Waals surface area contributed by atoms with Gasteiger partial charge in [-0.15, -0.1) is 0 Å². The number of nitrogens with one attached hydrogen (secondary N) is 1. The molecule has 0 radical (unpaired) electrons. The maximum Gasteiger partial charge on any atom is 0.268 e. The van der Waals surface area contributed by atoms with Gasteiger partial charge in [-0.1, -0.05) is 12.1 Å². The van der Waals surface area contributed by atoms with E-state index >= 15 is 0 Å². The highest BCUT2D eigenvalue weighted by molar-refractivity contribution is 7.90. The Balaban J connectivity index is 1.91. The van der Waals surface area contributed by atoms with Gasteiger partial charge in [0.05, 0.1) is 28.0 Å². The molecule has 0 unspecified atom stereocenters. The number of hydrogen-bond acceptors (Lipinski definition) is 5. The van der Waals surface area contributed by atoms with E-state index in [0.29, 0.717) is 11.3 Å². The van der Waals surface area contributed by atoms with Crippen LogP contribution in [-0.4, -0.2) is 30.3 Å². The van der Waals surface area contributed by atoms with Crippen molar-refractivity contribution >= 4 is 15.9 Å². The van der Waals surface area contributed by atoms with E-state index in [9.17, 15) is 17.6 Å². The van der Waals surface area contributed by atoms with E-state index in [0.717, 1.165) is 10.2 Å². The maximum atomic E-state index is 14.4. The normalized spacial score (nSPS) is 11.4. The molecule has 3 aromatic heterocycles. The van der Waals surface area contributed by atoms with Crippen molar-refractivity contribution in [3.05, 3.63) is 84.8 Å². The first-order chi connectivity index (χ1) is 14.4. The van der Waals surface area contributed by atoms with Gasteiger partial charge in [-0.25, -0.2) is 17.4 Å². The van der Waals surface area contributed by atoms with E-state index in [1.807, 2.05) is 0 Å². The molecule has 0 fully saturated rings. The van der Waals surface area contributed by atoms with Gasteiger partial charge in [-0.3, -0.25) is 4.79 Å². The Hall–Kier alpha value is -3.72. The quantitative estimate of drug-likeness (QED) is 0.494. The molecule has 152 valence electrons. The van der Waals surface area contributed by atoms with Crippen LogP contribution in [0, 0.1) is 5.95 Å². The number of benzene rings is 1. The summed E-state index contributed by atoms with van der Waals surface area (Å²) in [6, 6.07) is 13.8. The lowest BCUT2D eigenvalue weighted by atomic mass is 10.2. The second-order valence-electron chi connectivity index (χ2n) is 6.34. The molecule has 0 saturated carbocycles. The Morgan fingerprint density at radius 3 is 2.67 bits per heavy atom. The molecule has 4 aromatic rings. The minimum absolute atomic E-state index is 0.0115. The van der Waals surface area contributed by atoms with Crippen LogP contribution in [0.2, 0.25) is 0 Å². The number of amides is 1. The smallest absolute Gasteiger partial charge is 0.268 e. The van der Waals surface area contributed by atoms with E-state index in [4.69, 9.17) is 4.42 Å². The molecule has 1 amide bonds. The van der Waals surface area contributed by atoms with E-state index in [1.165, 1.54) is 49.8 Å². The molecule has 1 N–H and O–H groups in total. The van der Waals surface area contributed by atoms with E-state index in [2.05, 4.69) is 10.3 Å². The lowest BCUT2D eigenvalue weighted by Gasteiger charge is -2.11. The number of nitrogens with zero attached hydrogens (tertiary/aromatic N) is 2. The third-order valence-corrected chi connectivity index (χ3v) is 6.18. The molecule has 0 bridgehead atoms. The average molecular weight is 425 g/mol. The van der Waals surface area contributed by atoms with E-state index < -0.39 is 21.9 Å². The lowest BCUT2D eigenvalue weighted by molar-refractivity contribution is 0.0963. The second kappa shape index (κ2) is 7.60. The molecule has 0 spiro atoms. The van der Waals surface area contributed by atoms with Crippen molar-refractivity contribution in [3.63, 3.8) is 0 Å². The summed E-state index contributed by atoms with van der Waals surface area (Å²) in [5.41, 5.74) is 0.580. The zero-order valence-corrected chi connectivity index (χ0v) is 16.6. The van der Waals surface area contributed by atoms with Crippen LogP contribution in [0.1, 0.15) is 10.4 Å². The van der Waals surface area contributed by atoms with Gasteiger partial charge in [0.15, 0.2) is 0 Å². The molecular formula is C21H16FN3O4S. The van der Waals surface area contributed by atoms with Gasteiger partial charge < -0.3 is 9.73 Å². The van der Waals surface area contributed by atoms with Crippen molar-refractivity contribution in [2.45, 2.75) is 4.90 Å². The third-order valence-electron chi connectivity index (χ3n) is 4.51. The fraction of sp³-hybridized carbons (Fsp3) is 0.0476. The number of rotatable bonds is 5. The summed E-state index contributed by atoms with van der Waals surface area (Å²) in [7, 11) is -2.75. The average Bonchev–Trinajstić information content (AvgIpc) is 3.44. The van der Waals surface area contributed by atoms with E-state index in [1.54, 1.807) is 24.3 Å². The standard InChI is InChI=1S/C21H16FN3O4S/c1-23-21(26)15-12-18(17-7-3-9-24-20(17)22)25(13-15)30(27,28)16-6-2-5-14(11-16)19-8-4-10-29-19/h2-13H,1H3,(H,23,26). The van der Waals surface area contributed by atoms with Crippen LogP contribution in [-0.2, 0) is 10.0 Å². The molecule has 0 atom stereocenters. The predicted molar refractivity (Wildman–Crippen MR) is 108 cm³/mol. The van der Waals surface area contributed by atoms with Gasteiger partial charge in [0, 0.05) is 25.0 Å². The Morgan fingerprint density at radius 1 is 1.13 bits per heavy atom. The van der Waals surface area contributed by atoms with Crippen LogP contribution in [0.25, 0.3) is 22.6 Å². The zero-order valence-electron chi connectivity index (χ0n) is 15.7. The Bertz CT molecular complexity index is 1330. The Labute approximate surface area is 171 Å². The number of aromatic nitrogens is 2. The summed E-state index contributed by atoms with van der Waals surface area (Å²) in [6.45, 7) is 0. The SMILES string of the molecule is CNC(=O)c1cc(-c2cccnc2F)n(S(=O)(=O)c2cccc(-c3ccco3)c2)c1. The molecule has 0 aliphatic rings. The summed E-state index contributed by atoms with van der Waals surface area (Å²) in [5.74, 6) is -0.845. The summed E-state index contributed by atoms with van der Waals surface area (Å²) in [4.78, 5) is 15.7. The van der Waals surface area contributed by atoms with Crippen LogP contribution in [0.15, 0.2) is 82.6 Å². The number of furan rings is 1. The van der Waals surface area contributed by atoms with Crippen molar-refractivity contribution in [1.82, 2.24) is 14.3 Å². The van der Waals surface area contributed by atoms with Crippen molar-refractivity contribution in [3.8, 4) is 22.6 Å². The molecule has 1 aromatic carbocycles. The topological polar surface area (TPSA) is 94.2 Å². The van der Waals surface area contributed by atoms with Crippen LogP contribution in [0.5, 0.6) is 0 Å². The Morgan fingerprint density at radius 2 is 1.97 bits per heavy atom. The van der Waals surface area contributed by atoms with Gasteiger partial charge in [-0.05, 0) is 42.5 Å². The van der Waals surface area contributed by atoms with Crippen molar-refractivity contribution in [2.24, 2.45) is 0 Å². The zero-order chi connectivity index (χ0) is 21.3. The molecule has 3 heterocycles. The van der Waals surface area contributed by atoms with Crippen molar-refractivity contribution < 1.29 is 22.0 Å². The highest BCUT2D eigenvalue weighted by atomic mass is 32.2. The molecule has 0 saturated heterocycles. The summed E-state index contributed by atoms with van der Waals surface area (Å²) in [6.07, 6.45) is 3.91. The first-order valence-corrected chi connectivity index (χ1v) is 10.3. The fourth-order valence-electron chi connectivity index (χ4n) is 3.05. The highest BCUT2D eigenvalue weighted by Crippen LogP contribution is 2.30. The first-order valence-electron chi connectivity index (χ1n) is 8.86. The lowest BCUT2D eigenvalue weighted by Crippen LogP contribution is -2.17. The van der Waals surface area contributed by atoms with Gasteiger partial charge in [0.25, 0.3) is 15.9 Å². The fourth-order valence-corrected chi connectivity index (χ4v) is 4.47. The number of carbonyl (C=O) groups excluding carboxylic acids is 1. The molecule has 9 heteroatoms. The number of carbonyl (C=O) groups is 1. The molecular weight excluding hydrogens is 409 g/mol. The van der Waals surface area contributed by atoms with Crippen molar-refractivity contribution in [1.29, 1.82) is 0 Å². The monoisotopic (exact) mass is 425 g/mol. The van der Waals surface area contributed by atoms with Crippen LogP contribution < -0.4 is 5.32 Å². The highest BCUT2D eigenvalue weighted by Gasteiger charge is 2.25. The summed E-state index contributed by atoms with van der Waals surface area (Å²) >= 11 is 0. The molecule has 0 aliphatic heterocycles. The van der Waals surface area contributed by atoms with Gasteiger partial charge in [0.2, 0.25) is 5.95 Å². The molecule has 7 nitrogen and oxygen atoms in total. The third kappa shape index (κ3) is 3.39. The minimum Gasteiger partial charge on any atom is -0.464 e. The summed E-state index contributed by atoms with van der Waals surface area (Å²) < 4.78 is 47.5. The van der Waals surface area contributed by atoms with Crippen molar-refractivity contribution in [2.75, 3.05) is 7.05 Å².